The minimum atomic E-state index is -0.369. The van der Waals surface area contributed by atoms with Gasteiger partial charge in [-0.1, -0.05) is 35.9 Å². The van der Waals surface area contributed by atoms with E-state index in [4.69, 9.17) is 4.74 Å². The lowest BCUT2D eigenvalue weighted by Crippen LogP contribution is -2.48. The van der Waals surface area contributed by atoms with Gasteiger partial charge in [0.25, 0.3) is 0 Å². The van der Waals surface area contributed by atoms with E-state index >= 15 is 0 Å². The predicted octanol–water partition coefficient (Wildman–Crippen LogP) is 4.91. The molecule has 1 N–H and O–H groups in total. The number of benzene rings is 2. The largest absolute Gasteiger partial charge is 0.497 e. The molecule has 0 saturated carbocycles. The smallest absolute Gasteiger partial charge is 0.227 e. The highest BCUT2D eigenvalue weighted by molar-refractivity contribution is 7.09. The molecule has 2 heterocycles. The van der Waals surface area contributed by atoms with Crippen molar-refractivity contribution < 1.29 is 14.3 Å². The van der Waals surface area contributed by atoms with Gasteiger partial charge in [0.1, 0.15) is 5.75 Å². The Morgan fingerprint density at radius 3 is 2.53 bits per heavy atom. The molecule has 0 bridgehead atoms. The fourth-order valence-electron chi connectivity index (χ4n) is 4.25. The summed E-state index contributed by atoms with van der Waals surface area (Å²) < 4.78 is 5.31. The number of methoxy groups -OCH3 is 1. The number of anilines is 1. The number of nitrogens with zero attached hydrogens (tertiary/aromatic N) is 1. The average Bonchev–Trinajstić information content (AvgIpc) is 3.33. The molecule has 6 heteroatoms. The molecular formula is C26H28N2O3S. The summed E-state index contributed by atoms with van der Waals surface area (Å²) in [6, 6.07) is 19.3. The van der Waals surface area contributed by atoms with E-state index in [2.05, 4.69) is 11.4 Å². The lowest BCUT2D eigenvalue weighted by molar-refractivity contribution is -0.129. The van der Waals surface area contributed by atoms with Crippen LogP contribution >= 0.6 is 11.3 Å². The lowest BCUT2D eigenvalue weighted by Gasteiger charge is -2.41. The van der Waals surface area contributed by atoms with Crippen LogP contribution in [-0.2, 0) is 16.0 Å². The molecule has 0 aliphatic carbocycles. The van der Waals surface area contributed by atoms with E-state index < -0.39 is 0 Å². The second-order valence-electron chi connectivity index (χ2n) is 8.08. The molecule has 0 spiro atoms. The Kier molecular flexibility index (Phi) is 6.90. The Morgan fingerprint density at radius 2 is 1.88 bits per heavy atom. The van der Waals surface area contributed by atoms with E-state index in [0.29, 0.717) is 19.4 Å². The summed E-state index contributed by atoms with van der Waals surface area (Å²) >= 11 is 1.69. The summed E-state index contributed by atoms with van der Waals surface area (Å²) in [4.78, 5) is 29.4. The molecule has 2 aromatic carbocycles. The van der Waals surface area contributed by atoms with Crippen LogP contribution in [0.5, 0.6) is 5.75 Å². The summed E-state index contributed by atoms with van der Waals surface area (Å²) in [7, 11) is 1.63. The molecule has 0 radical (unpaired) electrons. The Balaban J connectivity index is 1.62. The highest BCUT2D eigenvalue weighted by atomic mass is 32.1. The van der Waals surface area contributed by atoms with Crippen molar-refractivity contribution >= 4 is 28.8 Å². The van der Waals surface area contributed by atoms with Crippen LogP contribution in [0.25, 0.3) is 0 Å². The zero-order valence-electron chi connectivity index (χ0n) is 18.4. The molecule has 1 aromatic heterocycles. The van der Waals surface area contributed by atoms with Gasteiger partial charge in [-0.3, -0.25) is 9.59 Å². The van der Waals surface area contributed by atoms with Crippen molar-refractivity contribution in [2.75, 3.05) is 18.6 Å². The second-order valence-corrected chi connectivity index (χ2v) is 9.12. The predicted molar refractivity (Wildman–Crippen MR) is 128 cm³/mol. The lowest BCUT2D eigenvalue weighted by atomic mass is 9.83. The van der Waals surface area contributed by atoms with E-state index in [9.17, 15) is 9.59 Å². The highest BCUT2D eigenvalue weighted by Crippen LogP contribution is 2.40. The third kappa shape index (κ3) is 4.86. The van der Waals surface area contributed by atoms with Crippen molar-refractivity contribution in [1.82, 2.24) is 5.32 Å². The van der Waals surface area contributed by atoms with Gasteiger partial charge in [0.05, 0.1) is 19.1 Å². The number of aryl methyl sites for hydroxylation is 1. The number of nitrogens with one attached hydrogen (secondary N) is 1. The van der Waals surface area contributed by atoms with E-state index in [1.165, 1.54) is 4.88 Å². The van der Waals surface area contributed by atoms with Crippen LogP contribution < -0.4 is 15.0 Å². The van der Waals surface area contributed by atoms with Crippen molar-refractivity contribution in [2.24, 2.45) is 5.92 Å². The SMILES string of the molecule is COc1ccc(C2C(C(=O)NCCc3cccs3)CCC(=O)N2c2ccc(C)cc2)cc1. The molecule has 5 nitrogen and oxygen atoms in total. The van der Waals surface area contributed by atoms with Crippen molar-refractivity contribution in [3.8, 4) is 5.75 Å². The van der Waals surface area contributed by atoms with Gasteiger partial charge in [-0.05, 0) is 61.0 Å². The van der Waals surface area contributed by atoms with Gasteiger partial charge >= 0.3 is 0 Å². The molecule has 2 unspecified atom stereocenters. The monoisotopic (exact) mass is 448 g/mol. The van der Waals surface area contributed by atoms with Gasteiger partial charge < -0.3 is 15.0 Å². The van der Waals surface area contributed by atoms with Gasteiger partial charge in [0.2, 0.25) is 11.8 Å². The minimum Gasteiger partial charge on any atom is -0.497 e. The number of thiophene rings is 1. The number of carbonyl (C=O) groups is 2. The zero-order valence-corrected chi connectivity index (χ0v) is 19.2. The molecule has 1 fully saturated rings. The molecule has 2 amide bonds. The number of amides is 2. The van der Waals surface area contributed by atoms with Crippen LogP contribution in [-0.4, -0.2) is 25.5 Å². The van der Waals surface area contributed by atoms with Crippen molar-refractivity contribution in [3.63, 3.8) is 0 Å². The van der Waals surface area contributed by atoms with E-state index in [0.717, 1.165) is 29.0 Å². The van der Waals surface area contributed by atoms with Crippen LogP contribution in [0.2, 0.25) is 0 Å². The van der Waals surface area contributed by atoms with Crippen LogP contribution in [0.1, 0.15) is 34.9 Å². The van der Waals surface area contributed by atoms with Crippen molar-refractivity contribution in [2.45, 2.75) is 32.2 Å². The molecule has 2 atom stereocenters. The van der Waals surface area contributed by atoms with Crippen molar-refractivity contribution in [1.29, 1.82) is 0 Å². The number of piperidine rings is 1. The first-order chi connectivity index (χ1) is 15.6. The summed E-state index contributed by atoms with van der Waals surface area (Å²) in [5.74, 6) is 0.449. The first-order valence-corrected chi connectivity index (χ1v) is 11.8. The molecule has 32 heavy (non-hydrogen) atoms. The fourth-order valence-corrected chi connectivity index (χ4v) is 4.96. The summed E-state index contributed by atoms with van der Waals surface area (Å²) in [6.45, 7) is 2.61. The second kappa shape index (κ2) is 10.0. The molecule has 3 aromatic rings. The van der Waals surface area contributed by atoms with E-state index in [1.54, 1.807) is 23.3 Å². The molecule has 166 valence electrons. The maximum Gasteiger partial charge on any atom is 0.227 e. The average molecular weight is 449 g/mol. The minimum absolute atomic E-state index is 0.00742. The fraction of sp³-hybridized carbons (Fsp3) is 0.308. The van der Waals surface area contributed by atoms with Crippen LogP contribution in [0.3, 0.4) is 0 Å². The zero-order chi connectivity index (χ0) is 22.5. The first kappa shape index (κ1) is 22.1. The summed E-state index contributed by atoms with van der Waals surface area (Å²) in [5.41, 5.74) is 2.87. The van der Waals surface area contributed by atoms with Gasteiger partial charge in [0.15, 0.2) is 0 Å². The Hall–Kier alpha value is -3.12. The van der Waals surface area contributed by atoms with E-state index in [-0.39, 0.29) is 23.8 Å². The molecule has 1 aliphatic heterocycles. The first-order valence-electron chi connectivity index (χ1n) is 10.9. The number of hydrogen-bond acceptors (Lipinski definition) is 4. The van der Waals surface area contributed by atoms with Crippen LogP contribution in [0.15, 0.2) is 66.0 Å². The van der Waals surface area contributed by atoms with Gasteiger partial charge in [-0.25, -0.2) is 0 Å². The van der Waals surface area contributed by atoms with Gasteiger partial charge in [-0.2, -0.15) is 0 Å². The van der Waals surface area contributed by atoms with Crippen LogP contribution in [0.4, 0.5) is 5.69 Å². The summed E-state index contributed by atoms with van der Waals surface area (Å²) in [6.07, 6.45) is 1.69. The normalized spacial score (nSPS) is 18.4. The quantitative estimate of drug-likeness (QED) is 0.559. The van der Waals surface area contributed by atoms with Gasteiger partial charge in [0, 0.05) is 23.5 Å². The Labute approximate surface area is 193 Å². The molecular weight excluding hydrogens is 420 g/mol. The number of hydrogen-bond donors (Lipinski definition) is 1. The molecule has 1 aliphatic rings. The Bertz CT molecular complexity index is 1050. The van der Waals surface area contributed by atoms with Gasteiger partial charge in [-0.15, -0.1) is 11.3 Å². The number of carbonyl (C=O) groups excluding carboxylic acids is 2. The topological polar surface area (TPSA) is 58.6 Å². The third-order valence-corrected chi connectivity index (χ3v) is 6.89. The highest BCUT2D eigenvalue weighted by Gasteiger charge is 2.41. The third-order valence-electron chi connectivity index (χ3n) is 5.95. The summed E-state index contributed by atoms with van der Waals surface area (Å²) in [5, 5.41) is 5.16. The maximum atomic E-state index is 13.3. The molecule has 1 saturated heterocycles. The van der Waals surface area contributed by atoms with E-state index in [1.807, 2.05) is 66.9 Å². The molecule has 4 rings (SSSR count). The number of rotatable bonds is 7. The standard InChI is InChI=1S/C26H28N2O3S/c1-18-5-9-20(10-6-18)28-24(29)14-13-23(25(28)19-7-11-21(31-2)12-8-19)26(30)27-16-15-22-4-3-17-32-22/h3-12,17,23,25H,13-16H2,1-2H3,(H,27,30). The van der Waals surface area contributed by atoms with Crippen LogP contribution in [0, 0.1) is 12.8 Å². The Morgan fingerprint density at radius 1 is 1.12 bits per heavy atom. The van der Waals surface area contributed by atoms with Crippen molar-refractivity contribution in [3.05, 3.63) is 82.0 Å². The number of ether oxygens (including phenoxy) is 1. The maximum absolute atomic E-state index is 13.3.